The largest absolute Gasteiger partial charge is 0.375 e. The predicted octanol–water partition coefficient (Wildman–Crippen LogP) is 3.74. The quantitative estimate of drug-likeness (QED) is 0.472. The summed E-state index contributed by atoms with van der Waals surface area (Å²) in [6.45, 7) is 1.26. The highest BCUT2D eigenvalue weighted by atomic mass is 32.2. The van der Waals surface area contributed by atoms with Gasteiger partial charge in [0.25, 0.3) is 5.91 Å². The van der Waals surface area contributed by atoms with E-state index in [9.17, 15) is 17.6 Å². The van der Waals surface area contributed by atoms with Gasteiger partial charge in [-0.3, -0.25) is 9.10 Å². The summed E-state index contributed by atoms with van der Waals surface area (Å²) >= 11 is 0. The Labute approximate surface area is 187 Å². The number of hydrogen-bond donors (Lipinski definition) is 1. The van der Waals surface area contributed by atoms with Gasteiger partial charge in [0.05, 0.1) is 31.7 Å². The van der Waals surface area contributed by atoms with Gasteiger partial charge in [-0.1, -0.05) is 48.5 Å². The number of rotatable bonds is 10. The van der Waals surface area contributed by atoms with Crippen LogP contribution in [0.1, 0.15) is 21.5 Å². The van der Waals surface area contributed by atoms with Crippen LogP contribution in [0.2, 0.25) is 0 Å². The number of nitrogens with one attached hydrogen (secondary N) is 1. The first-order valence-electron chi connectivity index (χ1n) is 10.0. The minimum absolute atomic E-state index is 0.0253. The number of hydrogen-bond acceptors (Lipinski definition) is 4. The lowest BCUT2D eigenvalue weighted by Crippen LogP contribution is -2.29. The zero-order chi connectivity index (χ0) is 23.0. The second-order valence-electron chi connectivity index (χ2n) is 7.24. The SMILES string of the molecule is CS(=O)(=O)N(Cc1ccc(C(=O)NCCOCc2ccccc2)cc1)c1cccc(F)c1. The molecule has 0 radical (unpaired) electrons. The van der Waals surface area contributed by atoms with Crippen LogP contribution in [0.5, 0.6) is 0 Å². The second-order valence-corrected chi connectivity index (χ2v) is 9.15. The van der Waals surface area contributed by atoms with Crippen LogP contribution in [-0.2, 0) is 27.9 Å². The number of benzene rings is 3. The average Bonchev–Trinajstić information content (AvgIpc) is 2.77. The summed E-state index contributed by atoms with van der Waals surface area (Å²) in [4.78, 5) is 12.3. The molecule has 0 saturated carbocycles. The molecule has 0 heterocycles. The molecule has 0 atom stereocenters. The summed E-state index contributed by atoms with van der Waals surface area (Å²) in [5.41, 5.74) is 2.43. The minimum Gasteiger partial charge on any atom is -0.375 e. The van der Waals surface area contributed by atoms with Crippen molar-refractivity contribution in [1.29, 1.82) is 0 Å². The van der Waals surface area contributed by atoms with Crippen molar-refractivity contribution in [3.8, 4) is 0 Å². The molecule has 8 heteroatoms. The molecule has 0 unspecified atom stereocenters. The number of sulfonamides is 1. The van der Waals surface area contributed by atoms with Crippen LogP contribution in [0, 0.1) is 5.82 Å². The van der Waals surface area contributed by atoms with E-state index >= 15 is 0 Å². The van der Waals surface area contributed by atoms with E-state index in [-0.39, 0.29) is 18.1 Å². The Morgan fingerprint density at radius 3 is 2.34 bits per heavy atom. The number of ether oxygens (including phenoxy) is 1. The molecule has 0 aliphatic rings. The van der Waals surface area contributed by atoms with E-state index < -0.39 is 15.8 Å². The third-order valence-electron chi connectivity index (χ3n) is 4.68. The van der Waals surface area contributed by atoms with Gasteiger partial charge in [0.2, 0.25) is 10.0 Å². The van der Waals surface area contributed by atoms with E-state index in [4.69, 9.17) is 4.74 Å². The molecule has 0 bridgehead atoms. The normalized spacial score (nSPS) is 11.2. The number of carbonyl (C=O) groups excluding carboxylic acids is 1. The summed E-state index contributed by atoms with van der Waals surface area (Å²) in [5, 5.41) is 2.79. The van der Waals surface area contributed by atoms with Crippen LogP contribution < -0.4 is 9.62 Å². The van der Waals surface area contributed by atoms with Gasteiger partial charge in [-0.25, -0.2) is 12.8 Å². The highest BCUT2D eigenvalue weighted by Crippen LogP contribution is 2.21. The number of anilines is 1. The van der Waals surface area contributed by atoms with Gasteiger partial charge in [-0.15, -0.1) is 0 Å². The average molecular weight is 457 g/mol. The molecule has 0 fully saturated rings. The van der Waals surface area contributed by atoms with Crippen molar-refractivity contribution in [3.63, 3.8) is 0 Å². The van der Waals surface area contributed by atoms with Crippen LogP contribution in [0.4, 0.5) is 10.1 Å². The Morgan fingerprint density at radius 2 is 1.69 bits per heavy atom. The number of amides is 1. The first kappa shape index (κ1) is 23.4. The summed E-state index contributed by atoms with van der Waals surface area (Å²) in [6, 6.07) is 21.8. The van der Waals surface area contributed by atoms with Gasteiger partial charge in [0.1, 0.15) is 5.82 Å². The van der Waals surface area contributed by atoms with Gasteiger partial charge in [0.15, 0.2) is 0 Å². The van der Waals surface area contributed by atoms with E-state index in [2.05, 4.69) is 5.32 Å². The lowest BCUT2D eigenvalue weighted by Gasteiger charge is -2.22. The molecule has 32 heavy (non-hydrogen) atoms. The smallest absolute Gasteiger partial charge is 0.251 e. The lowest BCUT2D eigenvalue weighted by atomic mass is 10.1. The topological polar surface area (TPSA) is 75.7 Å². The van der Waals surface area contributed by atoms with Gasteiger partial charge in [0, 0.05) is 12.1 Å². The molecule has 0 spiro atoms. The highest BCUT2D eigenvalue weighted by molar-refractivity contribution is 7.92. The molecule has 1 N–H and O–H groups in total. The van der Waals surface area contributed by atoms with Crippen LogP contribution in [0.3, 0.4) is 0 Å². The fourth-order valence-corrected chi connectivity index (χ4v) is 3.94. The number of carbonyl (C=O) groups is 1. The Kier molecular flexibility index (Phi) is 7.97. The van der Waals surface area contributed by atoms with Crippen molar-refractivity contribution in [3.05, 3.63) is 101 Å². The van der Waals surface area contributed by atoms with Gasteiger partial charge < -0.3 is 10.1 Å². The van der Waals surface area contributed by atoms with Crippen molar-refractivity contribution >= 4 is 21.6 Å². The van der Waals surface area contributed by atoms with E-state index in [1.54, 1.807) is 24.3 Å². The van der Waals surface area contributed by atoms with Crippen LogP contribution in [0.25, 0.3) is 0 Å². The molecule has 0 aliphatic heterocycles. The Morgan fingerprint density at radius 1 is 0.969 bits per heavy atom. The van der Waals surface area contributed by atoms with Crippen LogP contribution >= 0.6 is 0 Å². The van der Waals surface area contributed by atoms with Crippen molar-refractivity contribution in [1.82, 2.24) is 5.32 Å². The fraction of sp³-hybridized carbons (Fsp3) is 0.208. The fourth-order valence-electron chi connectivity index (χ4n) is 3.06. The third kappa shape index (κ3) is 6.90. The molecule has 0 saturated heterocycles. The molecule has 168 valence electrons. The number of nitrogens with zero attached hydrogens (tertiary/aromatic N) is 1. The Balaban J connectivity index is 1.53. The second kappa shape index (κ2) is 10.9. The predicted molar refractivity (Wildman–Crippen MR) is 122 cm³/mol. The monoisotopic (exact) mass is 456 g/mol. The molecule has 0 aromatic heterocycles. The van der Waals surface area contributed by atoms with Crippen LogP contribution in [-0.4, -0.2) is 33.7 Å². The molecule has 3 rings (SSSR count). The summed E-state index contributed by atoms with van der Waals surface area (Å²) in [5.74, 6) is -0.763. The third-order valence-corrected chi connectivity index (χ3v) is 5.82. The van der Waals surface area contributed by atoms with Crippen LogP contribution in [0.15, 0.2) is 78.9 Å². The van der Waals surface area contributed by atoms with E-state index in [1.807, 2.05) is 30.3 Å². The first-order chi connectivity index (χ1) is 15.3. The van der Waals surface area contributed by atoms with E-state index in [0.29, 0.717) is 30.9 Å². The van der Waals surface area contributed by atoms with Gasteiger partial charge in [-0.2, -0.15) is 0 Å². The van der Waals surface area contributed by atoms with Crippen molar-refractivity contribution < 1.29 is 22.3 Å². The zero-order valence-corrected chi connectivity index (χ0v) is 18.5. The Hall–Kier alpha value is -3.23. The summed E-state index contributed by atoms with van der Waals surface area (Å²) in [6.07, 6.45) is 1.07. The highest BCUT2D eigenvalue weighted by Gasteiger charge is 2.18. The van der Waals surface area contributed by atoms with E-state index in [0.717, 1.165) is 16.1 Å². The maximum Gasteiger partial charge on any atom is 0.251 e. The zero-order valence-electron chi connectivity index (χ0n) is 17.7. The minimum atomic E-state index is -3.62. The number of halogens is 1. The molecular weight excluding hydrogens is 431 g/mol. The standard InChI is InChI=1S/C24H25FN2O4S/c1-32(29,30)27(23-9-5-8-22(25)16-23)17-19-10-12-21(13-11-19)24(28)26-14-15-31-18-20-6-3-2-4-7-20/h2-13,16H,14-15,17-18H2,1H3,(H,26,28). The summed E-state index contributed by atoms with van der Waals surface area (Å²) in [7, 11) is -3.62. The van der Waals surface area contributed by atoms with Gasteiger partial charge in [-0.05, 0) is 41.5 Å². The van der Waals surface area contributed by atoms with Crippen molar-refractivity contribution in [2.45, 2.75) is 13.2 Å². The van der Waals surface area contributed by atoms with E-state index in [1.165, 1.54) is 24.3 Å². The molecular formula is C24H25FN2O4S. The molecule has 3 aromatic rings. The van der Waals surface area contributed by atoms with Crippen molar-refractivity contribution in [2.75, 3.05) is 23.7 Å². The maximum atomic E-state index is 13.6. The lowest BCUT2D eigenvalue weighted by molar-refractivity contribution is 0.0901. The molecule has 3 aromatic carbocycles. The molecule has 1 amide bonds. The van der Waals surface area contributed by atoms with Crippen molar-refractivity contribution in [2.24, 2.45) is 0 Å². The Bertz CT molecular complexity index is 1140. The molecule has 0 aliphatic carbocycles. The summed E-state index contributed by atoms with van der Waals surface area (Å²) < 4.78 is 44.7. The maximum absolute atomic E-state index is 13.6. The molecule has 6 nitrogen and oxygen atoms in total. The van der Waals surface area contributed by atoms with Gasteiger partial charge >= 0.3 is 0 Å². The first-order valence-corrected chi connectivity index (χ1v) is 11.9.